The fourth-order valence-corrected chi connectivity index (χ4v) is 4.46. The predicted octanol–water partition coefficient (Wildman–Crippen LogP) is 7.23. The first kappa shape index (κ1) is 27.4. The van der Waals surface area contributed by atoms with Crippen molar-refractivity contribution >= 4 is 27.0 Å². The van der Waals surface area contributed by atoms with Crippen LogP contribution in [-0.4, -0.2) is 50.1 Å². The summed E-state index contributed by atoms with van der Waals surface area (Å²) in [6, 6.07) is 8.73. The number of hydrogen-bond donors (Lipinski definition) is 0. The Bertz CT molecular complexity index is 880. The third-order valence-corrected chi connectivity index (χ3v) is 8.14. The molecule has 1 aliphatic rings. The number of likely N-dealkylation sites (N-methyl/N-ethyl adjacent to an activating group) is 1. The van der Waals surface area contributed by atoms with Crippen LogP contribution in [0.15, 0.2) is 77.7 Å². The van der Waals surface area contributed by atoms with Crippen LogP contribution in [0, 0.1) is 0 Å². The molecule has 1 aromatic carbocycles. The Balaban J connectivity index is 0.00000233. The summed E-state index contributed by atoms with van der Waals surface area (Å²) in [6.07, 6.45) is 8.93. The van der Waals surface area contributed by atoms with Crippen LogP contribution in [0.2, 0.25) is 4.94 Å². The van der Waals surface area contributed by atoms with E-state index in [1.54, 1.807) is 0 Å². The van der Waals surface area contributed by atoms with Gasteiger partial charge in [-0.05, 0) is 0 Å². The second-order valence-electron chi connectivity index (χ2n) is 8.64. The van der Waals surface area contributed by atoms with Crippen LogP contribution in [-0.2, 0) is 5.41 Å². The standard InChI is InChI=1S/C25H33N2.C2H6.CH3.Sn/c1-18(2)24(27(8)17-19(3)12-11-15-26-7)16-22-20(4)25(5,6)23-14-10-9-13-21(22)23;1-2;;/h9-16H,4,17H2,1-3,5-8H3;1-2H3;1H3;/q-1;;;+1/b15-11-,19-12-,22-16+;;;. The molecule has 0 N–H and O–H groups in total. The van der Waals surface area contributed by atoms with E-state index in [0.29, 0.717) is 0 Å². The molecule has 2 rings (SSSR count). The molecule has 2 nitrogen and oxygen atoms in total. The average Bonchev–Trinajstić information content (AvgIpc) is 2.93. The Morgan fingerprint density at radius 1 is 1.10 bits per heavy atom. The molecule has 0 atom stereocenters. The van der Waals surface area contributed by atoms with E-state index in [-0.39, 0.29) is 26.8 Å². The quantitative estimate of drug-likeness (QED) is 0.274. The molecule has 0 bridgehead atoms. The van der Waals surface area contributed by atoms with Crippen LogP contribution < -0.4 is 0 Å². The molecule has 0 aliphatic heterocycles. The zero-order valence-electron chi connectivity index (χ0n) is 21.4. The SMILES string of the molecule is C=C1/C(=C\C(=C(C)C)N(C)C/C(C)=C\C=C/[N](C)[Sn][CH3])c2ccccc2C1(C)C.CC. The van der Waals surface area contributed by atoms with Crippen LogP contribution in [0.1, 0.15) is 59.6 Å². The van der Waals surface area contributed by atoms with E-state index in [1.165, 1.54) is 39.1 Å². The molecular formula is C28H42N2Sn. The number of benzene rings is 1. The molecule has 1 aliphatic carbocycles. The molecule has 0 fully saturated rings. The zero-order valence-corrected chi connectivity index (χ0v) is 24.3. The Morgan fingerprint density at radius 2 is 1.71 bits per heavy atom. The number of fused-ring (bicyclic) bond motifs is 1. The number of rotatable bonds is 7. The van der Waals surface area contributed by atoms with Crippen molar-refractivity contribution in [3.8, 4) is 0 Å². The van der Waals surface area contributed by atoms with Gasteiger partial charge in [-0.2, -0.15) is 0 Å². The fourth-order valence-electron chi connectivity index (χ4n) is 3.79. The van der Waals surface area contributed by atoms with Gasteiger partial charge < -0.3 is 0 Å². The molecule has 2 radical (unpaired) electrons. The first-order chi connectivity index (χ1) is 14.6. The molecule has 0 saturated heterocycles. The van der Waals surface area contributed by atoms with Crippen LogP contribution in [0.25, 0.3) is 5.57 Å². The van der Waals surface area contributed by atoms with Gasteiger partial charge in [0.15, 0.2) is 0 Å². The van der Waals surface area contributed by atoms with Gasteiger partial charge >= 0.3 is 157 Å². The number of hydrogen-bond acceptors (Lipinski definition) is 2. The number of nitrogens with zero attached hydrogens (tertiary/aromatic N) is 2. The summed E-state index contributed by atoms with van der Waals surface area (Å²) in [5.41, 5.74) is 9.07. The summed E-state index contributed by atoms with van der Waals surface area (Å²) >= 11 is -0.373. The third kappa shape index (κ3) is 6.90. The first-order valence-corrected chi connectivity index (χ1v) is 15.4. The van der Waals surface area contributed by atoms with Crippen molar-refractivity contribution in [1.82, 2.24) is 8.02 Å². The third-order valence-electron chi connectivity index (χ3n) is 5.70. The smallest absolute Gasteiger partial charge is 0.0683 e. The van der Waals surface area contributed by atoms with E-state index >= 15 is 0 Å². The molecular weight excluding hydrogens is 483 g/mol. The maximum absolute atomic E-state index is 4.47. The van der Waals surface area contributed by atoms with Crippen LogP contribution in [0.4, 0.5) is 0 Å². The first-order valence-electron chi connectivity index (χ1n) is 11.2. The Labute approximate surface area is 202 Å². The second kappa shape index (κ2) is 12.4. The van der Waals surface area contributed by atoms with E-state index < -0.39 is 0 Å². The van der Waals surface area contributed by atoms with E-state index in [4.69, 9.17) is 0 Å². The molecule has 0 spiro atoms. The maximum atomic E-state index is 4.47. The van der Waals surface area contributed by atoms with E-state index in [1.807, 2.05) is 13.8 Å². The van der Waals surface area contributed by atoms with Crippen LogP contribution in [0.5, 0.6) is 0 Å². The fraction of sp³-hybridized carbons (Fsp3) is 0.429. The summed E-state index contributed by atoms with van der Waals surface area (Å²) in [7, 11) is 4.35. The summed E-state index contributed by atoms with van der Waals surface area (Å²) in [5.74, 6) is 0. The van der Waals surface area contributed by atoms with Gasteiger partial charge in [-0.25, -0.2) is 0 Å². The van der Waals surface area contributed by atoms with Gasteiger partial charge in [0.05, 0.1) is 0 Å². The van der Waals surface area contributed by atoms with Crippen molar-refractivity contribution in [2.75, 3.05) is 20.6 Å². The van der Waals surface area contributed by atoms with Gasteiger partial charge in [0.2, 0.25) is 0 Å². The average molecular weight is 525 g/mol. The van der Waals surface area contributed by atoms with Gasteiger partial charge in [-0.15, -0.1) is 0 Å². The minimum absolute atomic E-state index is 0.0241. The molecule has 0 unspecified atom stereocenters. The van der Waals surface area contributed by atoms with Gasteiger partial charge in [-0.3, -0.25) is 0 Å². The van der Waals surface area contributed by atoms with E-state index in [2.05, 4.69) is 117 Å². The Hall–Kier alpha value is -1.68. The van der Waals surface area contributed by atoms with Crippen molar-refractivity contribution in [2.45, 2.75) is 58.8 Å². The monoisotopic (exact) mass is 526 g/mol. The zero-order chi connectivity index (χ0) is 23.8. The van der Waals surface area contributed by atoms with Crippen molar-refractivity contribution < 1.29 is 0 Å². The summed E-state index contributed by atoms with van der Waals surface area (Å²) in [4.78, 5) is 4.67. The molecule has 3 heteroatoms. The normalized spacial score (nSPS) is 16.1. The molecule has 0 amide bonds. The summed E-state index contributed by atoms with van der Waals surface area (Å²) in [5, 5.41) is 0. The van der Waals surface area contributed by atoms with Crippen molar-refractivity contribution in [1.29, 1.82) is 0 Å². The van der Waals surface area contributed by atoms with Crippen molar-refractivity contribution in [2.24, 2.45) is 0 Å². The van der Waals surface area contributed by atoms with Gasteiger partial charge in [-0.1, -0.05) is 45.9 Å². The minimum atomic E-state index is -0.373. The van der Waals surface area contributed by atoms with Gasteiger partial charge in [0.25, 0.3) is 0 Å². The molecule has 31 heavy (non-hydrogen) atoms. The van der Waals surface area contributed by atoms with Gasteiger partial charge in [0.1, 0.15) is 0 Å². The van der Waals surface area contributed by atoms with Crippen LogP contribution in [0.3, 0.4) is 0 Å². The van der Waals surface area contributed by atoms with Crippen molar-refractivity contribution in [3.63, 3.8) is 0 Å². The molecule has 1 aromatic rings. The molecule has 168 valence electrons. The Morgan fingerprint density at radius 3 is 2.29 bits per heavy atom. The minimum Gasteiger partial charge on any atom is -0.0683 e. The van der Waals surface area contributed by atoms with E-state index in [0.717, 1.165) is 6.54 Å². The summed E-state index contributed by atoms with van der Waals surface area (Å²) < 4.78 is 2.34. The Kier molecular flexibility index (Phi) is 10.9. The van der Waals surface area contributed by atoms with Gasteiger partial charge in [0, 0.05) is 0 Å². The summed E-state index contributed by atoms with van der Waals surface area (Å²) in [6.45, 7) is 20.5. The topological polar surface area (TPSA) is 6.48 Å². The predicted molar refractivity (Wildman–Crippen MR) is 141 cm³/mol. The number of allylic oxidation sites excluding steroid dienone is 6. The van der Waals surface area contributed by atoms with Crippen molar-refractivity contribution in [3.05, 3.63) is 88.8 Å². The van der Waals surface area contributed by atoms with Crippen LogP contribution >= 0.6 is 0 Å². The van der Waals surface area contributed by atoms with E-state index in [9.17, 15) is 0 Å². The molecule has 0 heterocycles. The second-order valence-corrected chi connectivity index (χ2v) is 11.9. The molecule has 0 aromatic heterocycles. The molecule has 0 saturated carbocycles.